The summed E-state index contributed by atoms with van der Waals surface area (Å²) >= 11 is 1.56. The molecule has 0 atom stereocenters. The number of nitrogens with one attached hydrogen (secondary N) is 1. The second-order valence-electron chi connectivity index (χ2n) is 3.87. The van der Waals surface area contributed by atoms with E-state index < -0.39 is 0 Å². The summed E-state index contributed by atoms with van der Waals surface area (Å²) in [5.74, 6) is 0. The van der Waals surface area contributed by atoms with Gasteiger partial charge in [0.2, 0.25) is 0 Å². The summed E-state index contributed by atoms with van der Waals surface area (Å²) in [6.45, 7) is 0.421. The van der Waals surface area contributed by atoms with Crippen LogP contribution in [0.1, 0.15) is 5.69 Å². The van der Waals surface area contributed by atoms with Crippen LogP contribution >= 0.6 is 11.8 Å². The molecule has 0 aliphatic heterocycles. The van der Waals surface area contributed by atoms with Crippen molar-refractivity contribution in [1.82, 2.24) is 15.0 Å². The van der Waals surface area contributed by atoms with Gasteiger partial charge in [-0.1, -0.05) is 30.0 Å². The maximum Gasteiger partial charge on any atom is 0.120 e. The number of nitrogens with two attached hydrogens (primary N) is 1. The second kappa shape index (κ2) is 4.80. The molecule has 0 spiro atoms. The lowest BCUT2D eigenvalue weighted by Gasteiger charge is -1.98. The zero-order valence-corrected chi connectivity index (χ0v) is 10.4. The molecular weight excluding hydrogens is 244 g/mol. The number of H-pyrrole nitrogens is 1. The van der Waals surface area contributed by atoms with Crippen LogP contribution < -0.4 is 5.73 Å². The Hall–Kier alpha value is -1.85. The highest BCUT2D eigenvalue weighted by Crippen LogP contribution is 2.27. The van der Waals surface area contributed by atoms with Gasteiger partial charge in [-0.2, -0.15) is 0 Å². The molecule has 2 heterocycles. The Morgan fingerprint density at radius 2 is 2.06 bits per heavy atom. The molecule has 18 heavy (non-hydrogen) atoms. The minimum Gasteiger partial charge on any atom is -0.349 e. The Bertz CT molecular complexity index is 627. The first kappa shape index (κ1) is 11.3. The van der Waals surface area contributed by atoms with Crippen LogP contribution in [-0.2, 0) is 6.54 Å². The molecule has 90 valence electrons. The van der Waals surface area contributed by atoms with Crippen LogP contribution in [0.25, 0.3) is 10.9 Å². The van der Waals surface area contributed by atoms with Crippen molar-refractivity contribution in [2.24, 2.45) is 5.73 Å². The number of rotatable bonds is 3. The molecule has 0 saturated heterocycles. The molecule has 0 fully saturated rings. The molecule has 0 unspecified atom stereocenters. The van der Waals surface area contributed by atoms with Crippen LogP contribution in [0.15, 0.2) is 52.8 Å². The molecule has 2 aromatic heterocycles. The van der Waals surface area contributed by atoms with Gasteiger partial charge in [0, 0.05) is 17.4 Å². The number of nitrogens with zero attached hydrogens (tertiary/aromatic N) is 2. The van der Waals surface area contributed by atoms with E-state index in [-0.39, 0.29) is 0 Å². The summed E-state index contributed by atoms with van der Waals surface area (Å²) in [4.78, 5) is 11.9. The first-order valence-electron chi connectivity index (χ1n) is 5.62. The van der Waals surface area contributed by atoms with Gasteiger partial charge < -0.3 is 10.7 Å². The molecule has 0 aliphatic carbocycles. The number of hydrogen-bond donors (Lipinski definition) is 2. The van der Waals surface area contributed by atoms with Crippen molar-refractivity contribution in [3.05, 3.63) is 48.4 Å². The van der Waals surface area contributed by atoms with Gasteiger partial charge >= 0.3 is 0 Å². The maximum atomic E-state index is 5.49. The van der Waals surface area contributed by atoms with Crippen molar-refractivity contribution < 1.29 is 0 Å². The number of hydrogen-bond acceptors (Lipinski definition) is 4. The van der Waals surface area contributed by atoms with Crippen molar-refractivity contribution in [3.8, 4) is 0 Å². The summed E-state index contributed by atoms with van der Waals surface area (Å²) in [5.41, 5.74) is 7.42. The smallest absolute Gasteiger partial charge is 0.120 e. The molecule has 1 aromatic carbocycles. The van der Waals surface area contributed by atoms with E-state index in [1.165, 1.54) is 5.39 Å². The molecule has 0 saturated carbocycles. The third-order valence-corrected chi connectivity index (χ3v) is 3.47. The minimum absolute atomic E-state index is 0.421. The van der Waals surface area contributed by atoms with Gasteiger partial charge in [0.25, 0.3) is 0 Å². The molecule has 0 amide bonds. The predicted octanol–water partition coefficient (Wildman–Crippen LogP) is 2.57. The second-order valence-corrected chi connectivity index (χ2v) is 4.94. The lowest BCUT2D eigenvalue weighted by molar-refractivity contribution is 0.923. The molecule has 0 radical (unpaired) electrons. The van der Waals surface area contributed by atoms with Gasteiger partial charge in [-0.25, -0.2) is 4.98 Å². The summed E-state index contributed by atoms with van der Waals surface area (Å²) in [7, 11) is 0. The Morgan fingerprint density at radius 3 is 2.78 bits per heavy atom. The zero-order valence-electron chi connectivity index (χ0n) is 9.63. The Kier molecular flexibility index (Phi) is 3.00. The predicted molar refractivity (Wildman–Crippen MR) is 72.3 cm³/mol. The summed E-state index contributed by atoms with van der Waals surface area (Å²) in [5, 5.41) is 3.12. The Balaban J connectivity index is 1.86. The first-order chi connectivity index (χ1) is 8.85. The average molecular weight is 256 g/mol. The summed E-state index contributed by atoms with van der Waals surface area (Å²) in [6.07, 6.45) is 3.46. The third kappa shape index (κ3) is 2.23. The van der Waals surface area contributed by atoms with Crippen LogP contribution in [0.4, 0.5) is 0 Å². The van der Waals surface area contributed by atoms with Crippen LogP contribution in [0.3, 0.4) is 0 Å². The highest BCUT2D eigenvalue weighted by atomic mass is 32.2. The molecule has 0 aliphatic rings. The number of para-hydroxylation sites is 1. The molecule has 4 nitrogen and oxygen atoms in total. The molecule has 5 heteroatoms. The minimum atomic E-state index is 0.421. The third-order valence-electron chi connectivity index (χ3n) is 2.61. The molecule has 3 rings (SSSR count). The van der Waals surface area contributed by atoms with E-state index in [2.05, 4.69) is 33.2 Å². The van der Waals surface area contributed by atoms with Crippen molar-refractivity contribution in [3.63, 3.8) is 0 Å². The van der Waals surface area contributed by atoms with E-state index in [0.29, 0.717) is 6.54 Å². The molecule has 3 aromatic rings. The maximum absolute atomic E-state index is 5.49. The lowest BCUT2D eigenvalue weighted by Crippen LogP contribution is -1.99. The van der Waals surface area contributed by atoms with Crippen LogP contribution in [-0.4, -0.2) is 15.0 Å². The fourth-order valence-corrected chi connectivity index (χ4v) is 2.50. The number of benzene rings is 1. The van der Waals surface area contributed by atoms with E-state index in [9.17, 15) is 0 Å². The SMILES string of the molecule is NCc1cnc(Sc2cc3ccccc3[nH]2)cn1. The van der Waals surface area contributed by atoms with E-state index in [0.717, 1.165) is 21.3 Å². The normalized spacial score (nSPS) is 10.9. The highest BCUT2D eigenvalue weighted by molar-refractivity contribution is 7.99. The van der Waals surface area contributed by atoms with Crippen LogP contribution in [0.5, 0.6) is 0 Å². The fraction of sp³-hybridized carbons (Fsp3) is 0.0769. The molecule has 3 N–H and O–H groups in total. The first-order valence-corrected chi connectivity index (χ1v) is 6.43. The van der Waals surface area contributed by atoms with Gasteiger partial charge in [0.15, 0.2) is 0 Å². The van der Waals surface area contributed by atoms with Gasteiger partial charge in [-0.05, 0) is 12.1 Å². The van der Waals surface area contributed by atoms with E-state index in [1.807, 2.05) is 12.1 Å². The Morgan fingerprint density at radius 1 is 1.17 bits per heavy atom. The molecule has 0 bridgehead atoms. The van der Waals surface area contributed by atoms with Crippen molar-refractivity contribution >= 4 is 22.7 Å². The largest absolute Gasteiger partial charge is 0.349 e. The van der Waals surface area contributed by atoms with Crippen LogP contribution in [0, 0.1) is 0 Å². The highest BCUT2D eigenvalue weighted by Gasteiger charge is 2.03. The fourth-order valence-electron chi connectivity index (χ4n) is 1.72. The van der Waals surface area contributed by atoms with E-state index in [1.54, 1.807) is 24.2 Å². The van der Waals surface area contributed by atoms with Crippen molar-refractivity contribution in [2.45, 2.75) is 16.6 Å². The topological polar surface area (TPSA) is 67.6 Å². The lowest BCUT2D eigenvalue weighted by atomic mass is 10.3. The van der Waals surface area contributed by atoms with Gasteiger partial charge in [0.1, 0.15) is 5.03 Å². The monoisotopic (exact) mass is 256 g/mol. The number of fused-ring (bicyclic) bond motifs is 1. The standard InChI is InChI=1S/C13H12N4S/c14-6-10-7-16-13(8-15-10)18-12-5-9-3-1-2-4-11(9)17-12/h1-5,7-8,17H,6,14H2. The van der Waals surface area contributed by atoms with Gasteiger partial charge in [-0.15, -0.1) is 0 Å². The molecular formula is C13H12N4S. The quantitative estimate of drug-likeness (QED) is 0.755. The number of aromatic nitrogens is 3. The van der Waals surface area contributed by atoms with E-state index in [4.69, 9.17) is 5.73 Å². The zero-order chi connectivity index (χ0) is 12.4. The summed E-state index contributed by atoms with van der Waals surface area (Å²) < 4.78 is 0. The van der Waals surface area contributed by atoms with Crippen molar-refractivity contribution in [1.29, 1.82) is 0 Å². The average Bonchev–Trinajstić information content (AvgIpc) is 2.82. The Labute approximate surface area is 109 Å². The van der Waals surface area contributed by atoms with Crippen LogP contribution in [0.2, 0.25) is 0 Å². The van der Waals surface area contributed by atoms with Crippen molar-refractivity contribution in [2.75, 3.05) is 0 Å². The van der Waals surface area contributed by atoms with E-state index >= 15 is 0 Å². The van der Waals surface area contributed by atoms with Gasteiger partial charge in [0.05, 0.1) is 23.1 Å². The summed E-state index contributed by atoms with van der Waals surface area (Å²) in [6, 6.07) is 10.3. The number of aromatic amines is 1. The van der Waals surface area contributed by atoms with Gasteiger partial charge in [-0.3, -0.25) is 4.98 Å².